The van der Waals surface area contributed by atoms with Gasteiger partial charge in [-0.3, -0.25) is 10.1 Å². The molecule has 0 fully saturated rings. The molecule has 1 aromatic rings. The second-order valence-corrected chi connectivity index (χ2v) is 3.06. The molecule has 0 aromatic heterocycles. The zero-order chi connectivity index (χ0) is 13.5. The van der Waals surface area contributed by atoms with Crippen LogP contribution < -0.4 is 5.73 Å². The highest BCUT2D eigenvalue weighted by Gasteiger charge is 2.10. The van der Waals surface area contributed by atoms with Crippen LogP contribution in [0.25, 0.3) is 0 Å². The van der Waals surface area contributed by atoms with E-state index < -0.39 is 4.92 Å². The summed E-state index contributed by atoms with van der Waals surface area (Å²) in [4.78, 5) is 13.8. The SMILES string of the molecule is N#C/C(N)=C(\C#N)N=Cc1ccccc1[N+](=O)[O-]. The fourth-order valence-corrected chi connectivity index (χ4v) is 1.11. The quantitative estimate of drug-likeness (QED) is 0.368. The average molecular weight is 241 g/mol. The molecule has 0 unspecified atom stereocenters. The second-order valence-electron chi connectivity index (χ2n) is 3.06. The van der Waals surface area contributed by atoms with Crippen molar-refractivity contribution in [1.29, 1.82) is 10.5 Å². The summed E-state index contributed by atoms with van der Waals surface area (Å²) in [5.74, 6) is 0. The molecule has 1 rings (SSSR count). The number of nitrogens with zero attached hydrogens (tertiary/aromatic N) is 4. The van der Waals surface area contributed by atoms with Crippen molar-refractivity contribution in [2.24, 2.45) is 10.7 Å². The van der Waals surface area contributed by atoms with E-state index >= 15 is 0 Å². The number of nitriles is 2. The Labute approximate surface area is 102 Å². The molecule has 0 heterocycles. The smallest absolute Gasteiger partial charge is 0.278 e. The largest absolute Gasteiger partial charge is 0.388 e. The zero-order valence-corrected chi connectivity index (χ0v) is 9.07. The Bertz CT molecular complexity index is 619. The van der Waals surface area contributed by atoms with Gasteiger partial charge in [0.25, 0.3) is 5.69 Å². The first-order valence-corrected chi connectivity index (χ1v) is 4.67. The molecule has 0 spiro atoms. The molecule has 7 heteroatoms. The maximum atomic E-state index is 10.7. The highest BCUT2D eigenvalue weighted by Crippen LogP contribution is 2.15. The highest BCUT2D eigenvalue weighted by atomic mass is 16.6. The lowest BCUT2D eigenvalue weighted by molar-refractivity contribution is -0.385. The molecule has 0 aliphatic heterocycles. The molecule has 0 aliphatic rings. The van der Waals surface area contributed by atoms with Crippen molar-refractivity contribution in [3.63, 3.8) is 0 Å². The molecule has 0 aliphatic carbocycles. The van der Waals surface area contributed by atoms with Gasteiger partial charge in [-0.15, -0.1) is 0 Å². The number of aliphatic imine (C=N–C) groups is 1. The van der Waals surface area contributed by atoms with Crippen LogP contribution in [-0.4, -0.2) is 11.1 Å². The van der Waals surface area contributed by atoms with Crippen LogP contribution in [0.2, 0.25) is 0 Å². The molecule has 1 aromatic carbocycles. The van der Waals surface area contributed by atoms with Crippen molar-refractivity contribution in [3.8, 4) is 12.1 Å². The predicted molar refractivity (Wildman–Crippen MR) is 63.1 cm³/mol. The average Bonchev–Trinajstić information content (AvgIpc) is 2.39. The lowest BCUT2D eigenvalue weighted by Crippen LogP contribution is -1.98. The van der Waals surface area contributed by atoms with Crippen LogP contribution in [-0.2, 0) is 0 Å². The first kappa shape index (κ1) is 12.9. The Hall–Kier alpha value is -3.19. The number of nitro benzene ring substituents is 1. The fourth-order valence-electron chi connectivity index (χ4n) is 1.11. The van der Waals surface area contributed by atoms with Crippen LogP contribution in [0.15, 0.2) is 40.7 Å². The first-order chi connectivity index (χ1) is 8.60. The van der Waals surface area contributed by atoms with Crippen molar-refractivity contribution in [2.75, 3.05) is 0 Å². The summed E-state index contributed by atoms with van der Waals surface area (Å²) in [5, 5.41) is 27.9. The molecular formula is C11H7N5O2. The van der Waals surface area contributed by atoms with E-state index in [4.69, 9.17) is 16.3 Å². The lowest BCUT2D eigenvalue weighted by atomic mass is 10.2. The van der Waals surface area contributed by atoms with E-state index in [1.54, 1.807) is 18.2 Å². The number of para-hydroxylation sites is 1. The minimum atomic E-state index is -0.565. The van der Waals surface area contributed by atoms with Crippen molar-refractivity contribution >= 4 is 11.9 Å². The maximum Gasteiger partial charge on any atom is 0.278 e. The third kappa shape index (κ3) is 2.90. The Morgan fingerprint density at radius 1 is 1.39 bits per heavy atom. The summed E-state index contributed by atoms with van der Waals surface area (Å²) in [5.41, 5.74) is 4.69. The van der Waals surface area contributed by atoms with Crippen LogP contribution in [0.1, 0.15) is 5.56 Å². The zero-order valence-electron chi connectivity index (χ0n) is 9.07. The molecule has 0 bridgehead atoms. The Morgan fingerprint density at radius 3 is 2.61 bits per heavy atom. The minimum Gasteiger partial charge on any atom is -0.388 e. The number of hydrogen-bond acceptors (Lipinski definition) is 6. The lowest BCUT2D eigenvalue weighted by Gasteiger charge is -1.95. The van der Waals surface area contributed by atoms with Gasteiger partial charge in [0.2, 0.25) is 0 Å². The predicted octanol–water partition coefficient (Wildman–Crippen LogP) is 1.23. The molecule has 88 valence electrons. The third-order valence-corrected chi connectivity index (χ3v) is 1.95. The molecule has 18 heavy (non-hydrogen) atoms. The molecule has 0 amide bonds. The van der Waals surface area contributed by atoms with Crippen LogP contribution in [0.3, 0.4) is 0 Å². The van der Waals surface area contributed by atoms with Crippen molar-refractivity contribution in [1.82, 2.24) is 0 Å². The van der Waals surface area contributed by atoms with Gasteiger partial charge in [0.15, 0.2) is 5.70 Å². The molecule has 0 saturated carbocycles. The molecule has 7 nitrogen and oxygen atoms in total. The fraction of sp³-hybridized carbons (Fsp3) is 0. The van der Waals surface area contributed by atoms with Crippen molar-refractivity contribution in [3.05, 3.63) is 51.3 Å². The minimum absolute atomic E-state index is 0.144. The van der Waals surface area contributed by atoms with Crippen LogP contribution >= 0.6 is 0 Å². The first-order valence-electron chi connectivity index (χ1n) is 4.67. The van der Waals surface area contributed by atoms with Crippen LogP contribution in [0.5, 0.6) is 0 Å². The van der Waals surface area contributed by atoms with Crippen LogP contribution in [0.4, 0.5) is 5.69 Å². The van der Waals surface area contributed by atoms with Gasteiger partial charge in [-0.1, -0.05) is 12.1 Å². The number of nitrogens with two attached hydrogens (primary N) is 1. The van der Waals surface area contributed by atoms with Gasteiger partial charge in [0.05, 0.1) is 10.5 Å². The number of hydrogen-bond donors (Lipinski definition) is 1. The summed E-state index contributed by atoms with van der Waals surface area (Å²) in [6, 6.07) is 9.10. The number of rotatable bonds is 3. The van der Waals surface area contributed by atoms with E-state index in [9.17, 15) is 10.1 Å². The van der Waals surface area contributed by atoms with E-state index in [-0.39, 0.29) is 22.6 Å². The summed E-state index contributed by atoms with van der Waals surface area (Å²) < 4.78 is 0. The van der Waals surface area contributed by atoms with Crippen LogP contribution in [0, 0.1) is 32.8 Å². The van der Waals surface area contributed by atoms with Gasteiger partial charge >= 0.3 is 0 Å². The Balaban J connectivity index is 3.18. The second kappa shape index (κ2) is 5.77. The van der Waals surface area contributed by atoms with E-state index in [0.717, 1.165) is 6.21 Å². The van der Waals surface area contributed by atoms with Crippen molar-refractivity contribution < 1.29 is 4.92 Å². The Morgan fingerprint density at radius 2 is 2.06 bits per heavy atom. The van der Waals surface area contributed by atoms with E-state index in [2.05, 4.69) is 4.99 Å². The molecular weight excluding hydrogens is 234 g/mol. The molecule has 0 atom stereocenters. The van der Waals surface area contributed by atoms with Gasteiger partial charge in [-0.2, -0.15) is 10.5 Å². The summed E-state index contributed by atoms with van der Waals surface area (Å²) in [7, 11) is 0. The monoisotopic (exact) mass is 241 g/mol. The molecule has 2 N–H and O–H groups in total. The topological polar surface area (TPSA) is 129 Å². The summed E-state index contributed by atoms with van der Waals surface area (Å²) in [6.07, 6.45) is 1.13. The third-order valence-electron chi connectivity index (χ3n) is 1.95. The number of benzene rings is 1. The molecule has 0 radical (unpaired) electrons. The molecule has 0 saturated heterocycles. The summed E-state index contributed by atoms with van der Waals surface area (Å²) in [6.45, 7) is 0. The van der Waals surface area contributed by atoms with Gasteiger partial charge in [0, 0.05) is 12.3 Å². The standard InChI is InChI=1S/C11H7N5O2/c12-5-9(14)10(6-13)15-7-8-3-1-2-4-11(8)16(17)18/h1-4,7H,14H2/b10-9-,15-7?. The number of nitro groups is 1. The van der Waals surface area contributed by atoms with Gasteiger partial charge in [-0.25, -0.2) is 4.99 Å². The van der Waals surface area contributed by atoms with E-state index in [1.165, 1.54) is 18.2 Å². The highest BCUT2D eigenvalue weighted by molar-refractivity contribution is 5.86. The maximum absolute atomic E-state index is 10.7. The Kier molecular flexibility index (Phi) is 4.13. The summed E-state index contributed by atoms with van der Waals surface area (Å²) >= 11 is 0. The normalized spacial score (nSPS) is 11.4. The number of allylic oxidation sites excluding steroid dienone is 2. The van der Waals surface area contributed by atoms with Gasteiger partial charge < -0.3 is 5.73 Å². The van der Waals surface area contributed by atoms with E-state index in [1.807, 2.05) is 0 Å². The van der Waals surface area contributed by atoms with Crippen molar-refractivity contribution in [2.45, 2.75) is 0 Å². The van der Waals surface area contributed by atoms with E-state index in [0.29, 0.717) is 0 Å². The van der Waals surface area contributed by atoms with Gasteiger partial charge in [0.1, 0.15) is 17.8 Å². The van der Waals surface area contributed by atoms with Gasteiger partial charge in [-0.05, 0) is 6.07 Å².